The Balaban J connectivity index is 1.38. The minimum Gasteiger partial charge on any atom is -0.353 e. The van der Waals surface area contributed by atoms with E-state index in [1.165, 1.54) is 7.05 Å². The zero-order valence-corrected chi connectivity index (χ0v) is 18.2. The summed E-state index contributed by atoms with van der Waals surface area (Å²) >= 11 is 0. The molecule has 1 aliphatic heterocycles. The number of para-hydroxylation sites is 1. The third-order valence-corrected chi connectivity index (χ3v) is 5.54. The van der Waals surface area contributed by atoms with Crippen LogP contribution in [0, 0.1) is 0 Å². The summed E-state index contributed by atoms with van der Waals surface area (Å²) in [5.41, 5.74) is -1.05. The average molecular weight is 460 g/mol. The molecule has 4 aromatic rings. The van der Waals surface area contributed by atoms with E-state index in [1.54, 1.807) is 41.4 Å². The van der Waals surface area contributed by atoms with E-state index < -0.39 is 17.2 Å². The number of rotatable bonds is 4. The van der Waals surface area contributed by atoms with Gasteiger partial charge in [0.05, 0.1) is 5.69 Å². The first-order valence-corrected chi connectivity index (χ1v) is 10.6. The summed E-state index contributed by atoms with van der Waals surface area (Å²) in [6.07, 6.45) is 1.73. The molecule has 1 saturated heterocycles. The van der Waals surface area contributed by atoms with Gasteiger partial charge in [-0.15, -0.1) is 0 Å². The maximum atomic E-state index is 12.9. The molecule has 0 atom stereocenters. The number of hydrogen-bond acceptors (Lipinski definition) is 9. The van der Waals surface area contributed by atoms with Gasteiger partial charge < -0.3 is 14.3 Å². The number of benzene rings is 1. The fraction of sp³-hybridized carbons (Fsp3) is 0.227. The predicted octanol–water partition coefficient (Wildman–Crippen LogP) is 0.339. The van der Waals surface area contributed by atoms with Gasteiger partial charge in [-0.1, -0.05) is 29.4 Å². The van der Waals surface area contributed by atoms with Gasteiger partial charge in [-0.2, -0.15) is 14.8 Å². The fourth-order valence-electron chi connectivity index (χ4n) is 3.67. The van der Waals surface area contributed by atoms with Crippen LogP contribution in [0.1, 0.15) is 10.7 Å². The summed E-state index contributed by atoms with van der Waals surface area (Å²) in [6, 6.07) is 14.3. The largest absolute Gasteiger partial charge is 0.353 e. The standard InChI is InChI=1S/C22H20N8O4/c1-27-20(31)17(25-30(22(27)33)15-7-3-2-4-8-15)18-24-19(34-26-18)21(32)29-13-11-28(12-14-29)16-9-5-6-10-23-16/h2-10H,11-14H2,1H3. The Morgan fingerprint density at radius 1 is 0.971 bits per heavy atom. The van der Waals surface area contributed by atoms with Crippen LogP contribution in [0.5, 0.6) is 0 Å². The van der Waals surface area contributed by atoms with Gasteiger partial charge in [-0.3, -0.25) is 14.2 Å². The molecule has 34 heavy (non-hydrogen) atoms. The van der Waals surface area contributed by atoms with E-state index in [4.69, 9.17) is 4.52 Å². The third-order valence-electron chi connectivity index (χ3n) is 5.54. The van der Waals surface area contributed by atoms with Crippen LogP contribution in [0.15, 0.2) is 68.8 Å². The molecule has 1 aromatic carbocycles. The SMILES string of the molecule is Cn1c(=O)c(-c2noc(C(=O)N3CCN(c4ccccn4)CC3)n2)nn(-c2ccccc2)c1=O. The van der Waals surface area contributed by atoms with Gasteiger partial charge in [-0.05, 0) is 24.3 Å². The lowest BCUT2D eigenvalue weighted by atomic mass is 10.3. The number of hydrogen-bond donors (Lipinski definition) is 0. The maximum Gasteiger partial charge on any atom is 0.351 e. The van der Waals surface area contributed by atoms with Gasteiger partial charge in [0.2, 0.25) is 5.82 Å². The van der Waals surface area contributed by atoms with Gasteiger partial charge in [0, 0.05) is 39.4 Å². The minimum absolute atomic E-state index is 0.166. The molecule has 0 saturated carbocycles. The van der Waals surface area contributed by atoms with Crippen LogP contribution in [-0.2, 0) is 7.05 Å². The highest BCUT2D eigenvalue weighted by Gasteiger charge is 2.28. The molecule has 0 unspecified atom stereocenters. The number of amides is 1. The van der Waals surface area contributed by atoms with E-state index in [-0.39, 0.29) is 17.4 Å². The lowest BCUT2D eigenvalue weighted by Gasteiger charge is -2.34. The summed E-state index contributed by atoms with van der Waals surface area (Å²) in [5.74, 6) is 0.00103. The van der Waals surface area contributed by atoms with E-state index in [9.17, 15) is 14.4 Å². The summed E-state index contributed by atoms with van der Waals surface area (Å²) < 4.78 is 7.14. The number of carbonyl (C=O) groups is 1. The third kappa shape index (κ3) is 3.85. The molecule has 0 radical (unpaired) electrons. The molecule has 5 rings (SSSR count). The molecule has 172 valence electrons. The van der Waals surface area contributed by atoms with E-state index in [2.05, 4.69) is 25.1 Å². The van der Waals surface area contributed by atoms with Crippen LogP contribution in [0.3, 0.4) is 0 Å². The second kappa shape index (κ2) is 8.73. The van der Waals surface area contributed by atoms with E-state index in [0.29, 0.717) is 31.9 Å². The van der Waals surface area contributed by atoms with Crippen molar-refractivity contribution in [2.75, 3.05) is 31.1 Å². The molecule has 1 fully saturated rings. The van der Waals surface area contributed by atoms with Gasteiger partial charge in [0.15, 0.2) is 5.69 Å². The van der Waals surface area contributed by atoms with Crippen molar-refractivity contribution >= 4 is 11.7 Å². The van der Waals surface area contributed by atoms with Crippen molar-refractivity contribution in [1.29, 1.82) is 0 Å². The van der Waals surface area contributed by atoms with Crippen molar-refractivity contribution in [3.63, 3.8) is 0 Å². The number of nitrogens with zero attached hydrogens (tertiary/aromatic N) is 8. The van der Waals surface area contributed by atoms with E-state index >= 15 is 0 Å². The van der Waals surface area contributed by atoms with Crippen LogP contribution >= 0.6 is 0 Å². The van der Waals surface area contributed by atoms with Gasteiger partial charge in [0.1, 0.15) is 5.82 Å². The molecule has 4 heterocycles. The maximum absolute atomic E-state index is 12.9. The lowest BCUT2D eigenvalue weighted by Crippen LogP contribution is -2.49. The Kier molecular flexibility index (Phi) is 5.46. The van der Waals surface area contributed by atoms with Crippen molar-refractivity contribution in [1.82, 2.24) is 34.4 Å². The molecule has 0 aliphatic carbocycles. The molecule has 3 aromatic heterocycles. The molecular weight excluding hydrogens is 440 g/mol. The van der Waals surface area contributed by atoms with Crippen LogP contribution in [0.25, 0.3) is 17.2 Å². The van der Waals surface area contributed by atoms with Crippen molar-refractivity contribution in [3.8, 4) is 17.2 Å². The number of carbonyl (C=O) groups excluding carboxylic acids is 1. The first-order chi connectivity index (χ1) is 16.5. The smallest absolute Gasteiger partial charge is 0.351 e. The summed E-state index contributed by atoms with van der Waals surface area (Å²) in [4.78, 5) is 50.3. The number of piperazine rings is 1. The first-order valence-electron chi connectivity index (χ1n) is 10.6. The molecule has 12 heteroatoms. The number of anilines is 1. The second-order valence-electron chi connectivity index (χ2n) is 7.63. The van der Waals surface area contributed by atoms with Crippen molar-refractivity contribution in [2.45, 2.75) is 0 Å². The average Bonchev–Trinajstić information content (AvgIpc) is 3.38. The monoisotopic (exact) mass is 460 g/mol. The molecule has 0 spiro atoms. The minimum atomic E-state index is -0.694. The normalized spacial score (nSPS) is 13.8. The zero-order valence-electron chi connectivity index (χ0n) is 18.2. The Morgan fingerprint density at radius 2 is 1.71 bits per heavy atom. The number of aromatic nitrogens is 6. The van der Waals surface area contributed by atoms with Crippen LogP contribution < -0.4 is 16.1 Å². The van der Waals surface area contributed by atoms with Gasteiger partial charge in [-0.25, -0.2) is 9.78 Å². The Hall–Kier alpha value is -4.61. The van der Waals surface area contributed by atoms with Crippen molar-refractivity contribution in [2.24, 2.45) is 7.05 Å². The molecule has 12 nitrogen and oxygen atoms in total. The van der Waals surface area contributed by atoms with Crippen molar-refractivity contribution < 1.29 is 9.32 Å². The summed E-state index contributed by atoms with van der Waals surface area (Å²) in [7, 11) is 1.34. The van der Waals surface area contributed by atoms with Gasteiger partial charge >= 0.3 is 17.5 Å². The van der Waals surface area contributed by atoms with Gasteiger partial charge in [0.25, 0.3) is 5.56 Å². The first kappa shape index (κ1) is 21.2. The van der Waals surface area contributed by atoms with Crippen LogP contribution in [0.4, 0.5) is 5.82 Å². The topological polar surface area (TPSA) is 132 Å². The molecule has 0 N–H and O–H groups in total. The highest BCUT2D eigenvalue weighted by molar-refractivity contribution is 5.90. The van der Waals surface area contributed by atoms with Crippen LogP contribution in [-0.4, -0.2) is 66.5 Å². The Bertz CT molecular complexity index is 1440. The predicted molar refractivity (Wildman–Crippen MR) is 121 cm³/mol. The molecule has 1 amide bonds. The molecular formula is C22H20N8O4. The quantitative estimate of drug-likeness (QED) is 0.423. The Labute approximate surface area is 192 Å². The van der Waals surface area contributed by atoms with Crippen LogP contribution in [0.2, 0.25) is 0 Å². The molecule has 1 aliphatic rings. The fourth-order valence-corrected chi connectivity index (χ4v) is 3.67. The number of pyridine rings is 1. The lowest BCUT2D eigenvalue weighted by molar-refractivity contribution is 0.0696. The Morgan fingerprint density at radius 3 is 2.41 bits per heavy atom. The van der Waals surface area contributed by atoms with E-state index in [0.717, 1.165) is 15.1 Å². The summed E-state index contributed by atoms with van der Waals surface area (Å²) in [5, 5.41) is 7.94. The summed E-state index contributed by atoms with van der Waals surface area (Å²) in [6.45, 7) is 2.11. The van der Waals surface area contributed by atoms with Crippen molar-refractivity contribution in [3.05, 3.63) is 81.5 Å². The second-order valence-corrected chi connectivity index (χ2v) is 7.63. The highest BCUT2D eigenvalue weighted by Crippen LogP contribution is 2.15. The zero-order chi connectivity index (χ0) is 23.7. The highest BCUT2D eigenvalue weighted by atomic mass is 16.5. The molecule has 0 bridgehead atoms. The van der Waals surface area contributed by atoms with E-state index in [1.807, 2.05) is 18.2 Å².